The number of hydrogen-bond acceptors (Lipinski definition) is 3. The van der Waals surface area contributed by atoms with Crippen molar-refractivity contribution in [1.29, 1.82) is 0 Å². The van der Waals surface area contributed by atoms with Gasteiger partial charge >= 0.3 is 0 Å². The number of carbonyl (C=O) groups excluding carboxylic acids is 1. The summed E-state index contributed by atoms with van der Waals surface area (Å²) in [5.74, 6) is 0.139. The van der Waals surface area contributed by atoms with E-state index < -0.39 is 0 Å². The summed E-state index contributed by atoms with van der Waals surface area (Å²) in [6.07, 6.45) is 5.63. The van der Waals surface area contributed by atoms with E-state index in [4.69, 9.17) is 0 Å². The summed E-state index contributed by atoms with van der Waals surface area (Å²) in [6.45, 7) is 0. The Balaban J connectivity index is 2.09. The third kappa shape index (κ3) is 3.29. The minimum absolute atomic E-state index is 0.139. The zero-order valence-electron chi connectivity index (χ0n) is 12.8. The van der Waals surface area contributed by atoms with E-state index in [1.165, 1.54) is 6.42 Å². The van der Waals surface area contributed by atoms with Gasteiger partial charge in [-0.3, -0.25) is 4.79 Å². The summed E-state index contributed by atoms with van der Waals surface area (Å²) in [7, 11) is 5.93. The van der Waals surface area contributed by atoms with E-state index in [2.05, 4.69) is 6.26 Å². The van der Waals surface area contributed by atoms with Crippen molar-refractivity contribution < 1.29 is 4.79 Å². The molecule has 0 N–H and O–H groups in total. The summed E-state index contributed by atoms with van der Waals surface area (Å²) >= 11 is 1.92. The van der Waals surface area contributed by atoms with Gasteiger partial charge in [0.1, 0.15) is 0 Å². The van der Waals surface area contributed by atoms with Crippen LogP contribution in [0.25, 0.3) is 0 Å². The van der Waals surface area contributed by atoms with Crippen molar-refractivity contribution >= 4 is 23.4 Å². The number of nitrogens with zero attached hydrogens (tertiary/aromatic N) is 2. The smallest absolute Gasteiger partial charge is 0.253 e. The normalized spacial score (nSPS) is 21.8. The number of carbonyl (C=O) groups is 1. The first kappa shape index (κ1) is 15.2. The molecule has 1 amide bonds. The molecule has 1 fully saturated rings. The number of rotatable bonds is 4. The molecule has 0 unspecified atom stereocenters. The average molecular weight is 292 g/mol. The fraction of sp³-hybridized carbons (Fsp3) is 0.562. The molecule has 0 spiro atoms. The van der Waals surface area contributed by atoms with Gasteiger partial charge in [0.05, 0.1) is 0 Å². The number of benzene rings is 1. The zero-order chi connectivity index (χ0) is 14.7. The first-order valence-electron chi connectivity index (χ1n) is 7.10. The highest BCUT2D eigenvalue weighted by atomic mass is 32.2. The number of hydrogen-bond donors (Lipinski definition) is 0. The molecule has 2 atom stereocenters. The Morgan fingerprint density at radius 3 is 2.60 bits per heavy atom. The van der Waals surface area contributed by atoms with Gasteiger partial charge in [0.15, 0.2) is 0 Å². The second kappa shape index (κ2) is 6.53. The molecular formula is C16H24N2OS. The Labute approximate surface area is 126 Å². The Kier molecular flexibility index (Phi) is 4.97. The van der Waals surface area contributed by atoms with Gasteiger partial charge in [-0.2, -0.15) is 11.8 Å². The van der Waals surface area contributed by atoms with Gasteiger partial charge in [-0.05, 0) is 43.7 Å². The molecule has 0 bridgehead atoms. The number of thioether (sulfide) groups is 1. The van der Waals surface area contributed by atoms with Crippen molar-refractivity contribution in [2.75, 3.05) is 32.3 Å². The highest BCUT2D eigenvalue weighted by Gasteiger charge is 2.29. The Bertz CT molecular complexity index is 475. The molecule has 0 heterocycles. The van der Waals surface area contributed by atoms with Gasteiger partial charge in [-0.25, -0.2) is 0 Å². The van der Waals surface area contributed by atoms with E-state index in [0.717, 1.165) is 24.1 Å². The lowest BCUT2D eigenvalue weighted by atomic mass is 10.1. The molecule has 1 aliphatic rings. The van der Waals surface area contributed by atoms with Gasteiger partial charge in [0.2, 0.25) is 0 Å². The molecule has 4 heteroatoms. The molecule has 1 aliphatic carbocycles. The van der Waals surface area contributed by atoms with E-state index >= 15 is 0 Å². The van der Waals surface area contributed by atoms with Gasteiger partial charge in [-0.1, -0.05) is 6.07 Å². The van der Waals surface area contributed by atoms with Crippen LogP contribution in [-0.2, 0) is 0 Å². The van der Waals surface area contributed by atoms with Gasteiger partial charge < -0.3 is 9.80 Å². The van der Waals surface area contributed by atoms with Crippen LogP contribution in [-0.4, -0.2) is 49.5 Å². The Morgan fingerprint density at radius 2 is 2.00 bits per heavy atom. The lowest BCUT2D eigenvalue weighted by molar-refractivity contribution is 0.0735. The quantitative estimate of drug-likeness (QED) is 0.852. The third-order valence-corrected chi connectivity index (χ3v) is 5.26. The molecular weight excluding hydrogens is 268 g/mol. The molecule has 0 saturated heterocycles. The molecule has 0 aromatic heterocycles. The average Bonchev–Trinajstić information content (AvgIpc) is 2.94. The molecule has 20 heavy (non-hydrogen) atoms. The van der Waals surface area contributed by atoms with Gasteiger partial charge in [0, 0.05) is 43.7 Å². The summed E-state index contributed by atoms with van der Waals surface area (Å²) in [5.41, 5.74) is 1.85. The van der Waals surface area contributed by atoms with Crippen LogP contribution in [0.5, 0.6) is 0 Å². The van der Waals surface area contributed by atoms with Crippen LogP contribution < -0.4 is 4.90 Å². The van der Waals surface area contributed by atoms with E-state index in [1.807, 2.05) is 67.0 Å². The van der Waals surface area contributed by atoms with Crippen molar-refractivity contribution in [3.63, 3.8) is 0 Å². The van der Waals surface area contributed by atoms with E-state index in [1.54, 1.807) is 0 Å². The van der Waals surface area contributed by atoms with Gasteiger partial charge in [0.25, 0.3) is 5.91 Å². The van der Waals surface area contributed by atoms with Crippen molar-refractivity contribution in [1.82, 2.24) is 4.90 Å². The topological polar surface area (TPSA) is 23.6 Å². The van der Waals surface area contributed by atoms with Gasteiger partial charge in [-0.15, -0.1) is 0 Å². The maximum absolute atomic E-state index is 12.6. The van der Waals surface area contributed by atoms with Crippen LogP contribution in [0.1, 0.15) is 29.6 Å². The summed E-state index contributed by atoms with van der Waals surface area (Å²) < 4.78 is 0. The Hall–Kier alpha value is -1.16. The minimum atomic E-state index is 0.139. The van der Waals surface area contributed by atoms with Crippen molar-refractivity contribution in [3.05, 3.63) is 29.8 Å². The molecule has 0 radical (unpaired) electrons. The lowest BCUT2D eigenvalue weighted by Crippen LogP contribution is -2.35. The van der Waals surface area contributed by atoms with Crippen LogP contribution in [0.4, 0.5) is 5.69 Å². The summed E-state index contributed by atoms with van der Waals surface area (Å²) in [6, 6.07) is 8.25. The standard InChI is InChI=1S/C16H24N2OS/c1-17(2)13-7-5-6-12(10-13)16(19)18(3)14-8-9-15(11-14)20-4/h5-7,10,14-15H,8-9,11H2,1-4H3/t14-,15-/m1/s1. The minimum Gasteiger partial charge on any atom is -0.378 e. The lowest BCUT2D eigenvalue weighted by Gasteiger charge is -2.25. The first-order chi connectivity index (χ1) is 9.52. The van der Waals surface area contributed by atoms with Crippen LogP contribution in [0.2, 0.25) is 0 Å². The predicted molar refractivity (Wildman–Crippen MR) is 87.8 cm³/mol. The molecule has 3 nitrogen and oxygen atoms in total. The van der Waals surface area contributed by atoms with E-state index in [-0.39, 0.29) is 5.91 Å². The predicted octanol–water partition coefficient (Wildman–Crippen LogP) is 3.11. The summed E-state index contributed by atoms with van der Waals surface area (Å²) in [4.78, 5) is 16.6. The third-order valence-electron chi connectivity index (χ3n) is 4.17. The molecule has 1 aromatic carbocycles. The number of amides is 1. The largest absolute Gasteiger partial charge is 0.378 e. The van der Waals surface area contributed by atoms with E-state index in [9.17, 15) is 4.79 Å². The Morgan fingerprint density at radius 1 is 1.25 bits per heavy atom. The maximum Gasteiger partial charge on any atom is 0.253 e. The molecule has 110 valence electrons. The second-order valence-electron chi connectivity index (χ2n) is 5.69. The van der Waals surface area contributed by atoms with Crippen LogP contribution in [0.15, 0.2) is 24.3 Å². The molecule has 0 aliphatic heterocycles. The van der Waals surface area contributed by atoms with Crippen molar-refractivity contribution in [2.24, 2.45) is 0 Å². The molecule has 2 rings (SSSR count). The van der Waals surface area contributed by atoms with Crippen LogP contribution in [0.3, 0.4) is 0 Å². The highest BCUT2D eigenvalue weighted by Crippen LogP contribution is 2.31. The highest BCUT2D eigenvalue weighted by molar-refractivity contribution is 7.99. The fourth-order valence-corrected chi connectivity index (χ4v) is 3.56. The van der Waals surface area contributed by atoms with Crippen LogP contribution >= 0.6 is 11.8 Å². The van der Waals surface area contributed by atoms with E-state index in [0.29, 0.717) is 11.3 Å². The maximum atomic E-state index is 12.6. The zero-order valence-corrected chi connectivity index (χ0v) is 13.6. The van der Waals surface area contributed by atoms with Crippen molar-refractivity contribution in [2.45, 2.75) is 30.6 Å². The second-order valence-corrected chi connectivity index (χ2v) is 6.82. The van der Waals surface area contributed by atoms with Crippen molar-refractivity contribution in [3.8, 4) is 0 Å². The van der Waals surface area contributed by atoms with Crippen LogP contribution in [0, 0.1) is 0 Å². The monoisotopic (exact) mass is 292 g/mol. The molecule has 1 aromatic rings. The molecule has 1 saturated carbocycles. The first-order valence-corrected chi connectivity index (χ1v) is 8.39. The fourth-order valence-electron chi connectivity index (χ4n) is 2.77. The number of anilines is 1. The summed E-state index contributed by atoms with van der Waals surface area (Å²) in [5, 5.41) is 0.711. The SMILES string of the molecule is CS[C@@H]1CC[C@@H](N(C)C(=O)c2cccc(N(C)C)c2)C1.